The van der Waals surface area contributed by atoms with Gasteiger partial charge in [0.2, 0.25) is 17.6 Å². The van der Waals surface area contributed by atoms with Crippen LogP contribution < -0.4 is 5.32 Å². The first kappa shape index (κ1) is 17.0. The van der Waals surface area contributed by atoms with Crippen molar-refractivity contribution in [1.82, 2.24) is 15.1 Å². The van der Waals surface area contributed by atoms with Gasteiger partial charge in [0.1, 0.15) is 0 Å². The number of benzene rings is 1. The molecule has 2 heterocycles. The number of nitrogens with zero attached hydrogens (tertiary/aromatic N) is 3. The van der Waals surface area contributed by atoms with Crippen LogP contribution in [0.15, 0.2) is 34.9 Å². The number of hydrogen-bond donors (Lipinski definition) is 1. The monoisotopic (exact) mass is 356 g/mol. The number of carbonyl (C=O) groups is 2. The predicted octanol–water partition coefficient (Wildman–Crippen LogP) is 3.28. The first-order valence-corrected chi connectivity index (χ1v) is 8.51. The second-order valence-electron chi connectivity index (χ2n) is 5.42. The third kappa shape index (κ3) is 4.16. The summed E-state index contributed by atoms with van der Waals surface area (Å²) in [5.41, 5.74) is 1.48. The van der Waals surface area contributed by atoms with Crippen molar-refractivity contribution >= 4 is 28.2 Å². The molecule has 1 amide bonds. The van der Waals surface area contributed by atoms with E-state index in [4.69, 9.17) is 4.52 Å². The highest BCUT2D eigenvalue weighted by atomic mass is 32.1. The number of rotatable bonds is 6. The van der Waals surface area contributed by atoms with Crippen LogP contribution >= 0.6 is 11.3 Å². The molecule has 7 nitrogen and oxygen atoms in total. The van der Waals surface area contributed by atoms with Crippen molar-refractivity contribution in [2.75, 3.05) is 5.32 Å². The van der Waals surface area contributed by atoms with Crippen LogP contribution in [0.3, 0.4) is 0 Å². The number of ketones is 1. The number of Topliss-reactive ketones (excluding diaryl/α,β-unsaturated/α-hetero) is 1. The van der Waals surface area contributed by atoms with Crippen LogP contribution in [0.1, 0.15) is 34.6 Å². The molecule has 0 atom stereocenters. The number of aryl methyl sites for hydroxylation is 2. The molecule has 0 unspecified atom stereocenters. The molecule has 128 valence electrons. The Bertz CT molecular complexity index is 902. The Kier molecular flexibility index (Phi) is 4.99. The van der Waals surface area contributed by atoms with E-state index in [0.717, 1.165) is 5.56 Å². The quantitative estimate of drug-likeness (QED) is 0.681. The molecule has 0 saturated heterocycles. The molecule has 1 aromatic carbocycles. The van der Waals surface area contributed by atoms with Crippen LogP contribution in [0.25, 0.3) is 11.4 Å². The SMILES string of the molecule is CC(=O)c1sc(NC(=O)CCc2nc(-c3ccccc3)no2)nc1C. The zero-order chi connectivity index (χ0) is 17.8. The van der Waals surface area contributed by atoms with E-state index in [1.807, 2.05) is 30.3 Å². The van der Waals surface area contributed by atoms with Gasteiger partial charge in [0, 0.05) is 25.3 Å². The molecule has 3 aromatic rings. The van der Waals surface area contributed by atoms with Crippen molar-refractivity contribution in [3.05, 3.63) is 46.8 Å². The van der Waals surface area contributed by atoms with Crippen LogP contribution in [0.2, 0.25) is 0 Å². The molecule has 0 bridgehead atoms. The van der Waals surface area contributed by atoms with Gasteiger partial charge in [-0.05, 0) is 6.92 Å². The van der Waals surface area contributed by atoms with Gasteiger partial charge in [-0.2, -0.15) is 4.98 Å². The van der Waals surface area contributed by atoms with Crippen molar-refractivity contribution in [3.8, 4) is 11.4 Å². The lowest BCUT2D eigenvalue weighted by Gasteiger charge is -1.98. The van der Waals surface area contributed by atoms with Crippen molar-refractivity contribution < 1.29 is 14.1 Å². The van der Waals surface area contributed by atoms with Gasteiger partial charge < -0.3 is 9.84 Å². The minimum Gasteiger partial charge on any atom is -0.339 e. The van der Waals surface area contributed by atoms with Gasteiger partial charge in [0.15, 0.2) is 10.9 Å². The largest absolute Gasteiger partial charge is 0.339 e. The van der Waals surface area contributed by atoms with Gasteiger partial charge in [-0.25, -0.2) is 4.98 Å². The summed E-state index contributed by atoms with van der Waals surface area (Å²) in [5.74, 6) is 0.615. The molecule has 0 aliphatic rings. The number of nitrogens with one attached hydrogen (secondary N) is 1. The topological polar surface area (TPSA) is 98.0 Å². The van der Waals surface area contributed by atoms with Gasteiger partial charge in [-0.3, -0.25) is 9.59 Å². The van der Waals surface area contributed by atoms with E-state index < -0.39 is 0 Å². The van der Waals surface area contributed by atoms with Crippen molar-refractivity contribution in [1.29, 1.82) is 0 Å². The summed E-state index contributed by atoms with van der Waals surface area (Å²) < 4.78 is 5.18. The smallest absolute Gasteiger partial charge is 0.227 e. The fourth-order valence-electron chi connectivity index (χ4n) is 2.24. The van der Waals surface area contributed by atoms with Crippen LogP contribution in [0, 0.1) is 6.92 Å². The highest BCUT2D eigenvalue weighted by Crippen LogP contribution is 2.23. The van der Waals surface area contributed by atoms with E-state index in [1.54, 1.807) is 6.92 Å². The first-order valence-electron chi connectivity index (χ1n) is 7.69. The minimum atomic E-state index is -0.219. The average molecular weight is 356 g/mol. The highest BCUT2D eigenvalue weighted by Gasteiger charge is 2.15. The molecule has 2 aromatic heterocycles. The second kappa shape index (κ2) is 7.35. The van der Waals surface area contributed by atoms with Crippen LogP contribution in [0.4, 0.5) is 5.13 Å². The van der Waals surface area contributed by atoms with Gasteiger partial charge in [-0.15, -0.1) is 0 Å². The fraction of sp³-hybridized carbons (Fsp3) is 0.235. The Morgan fingerprint density at radius 1 is 1.20 bits per heavy atom. The number of aromatic nitrogens is 3. The van der Waals surface area contributed by atoms with Crippen molar-refractivity contribution in [2.45, 2.75) is 26.7 Å². The Morgan fingerprint density at radius 2 is 1.96 bits per heavy atom. The Labute approximate surface area is 148 Å². The Hall–Kier alpha value is -2.87. The van der Waals surface area contributed by atoms with E-state index in [1.165, 1.54) is 18.3 Å². The van der Waals surface area contributed by atoms with E-state index in [2.05, 4.69) is 20.4 Å². The molecule has 0 saturated carbocycles. The molecule has 25 heavy (non-hydrogen) atoms. The summed E-state index contributed by atoms with van der Waals surface area (Å²) in [6.07, 6.45) is 0.514. The number of amides is 1. The normalized spacial score (nSPS) is 10.6. The molecule has 3 rings (SSSR count). The molecule has 0 aliphatic carbocycles. The van der Waals surface area contributed by atoms with Crippen molar-refractivity contribution in [3.63, 3.8) is 0 Å². The molecule has 0 aliphatic heterocycles. The molecular weight excluding hydrogens is 340 g/mol. The standard InChI is InChI=1S/C17H16N4O3S/c1-10-15(11(2)22)25-17(18-10)19-13(23)8-9-14-20-16(21-24-14)12-6-4-3-5-7-12/h3-7H,8-9H2,1-2H3,(H,18,19,23). The maximum atomic E-state index is 12.0. The van der Waals surface area contributed by atoms with Crippen LogP contribution in [-0.2, 0) is 11.2 Å². The molecule has 8 heteroatoms. The molecule has 0 fully saturated rings. The number of anilines is 1. The van der Waals surface area contributed by atoms with Gasteiger partial charge in [0.05, 0.1) is 10.6 Å². The predicted molar refractivity (Wildman–Crippen MR) is 93.5 cm³/mol. The molecule has 0 radical (unpaired) electrons. The van der Waals surface area contributed by atoms with Gasteiger partial charge in [0.25, 0.3) is 0 Å². The Balaban J connectivity index is 1.57. The van der Waals surface area contributed by atoms with E-state index in [-0.39, 0.29) is 18.1 Å². The van der Waals surface area contributed by atoms with E-state index in [9.17, 15) is 9.59 Å². The third-order valence-electron chi connectivity index (χ3n) is 3.43. The maximum absolute atomic E-state index is 12.0. The van der Waals surface area contributed by atoms with Gasteiger partial charge >= 0.3 is 0 Å². The first-order chi connectivity index (χ1) is 12.0. The highest BCUT2D eigenvalue weighted by molar-refractivity contribution is 7.17. The lowest BCUT2D eigenvalue weighted by Crippen LogP contribution is -2.12. The Morgan fingerprint density at radius 3 is 2.64 bits per heavy atom. The van der Waals surface area contributed by atoms with Crippen LogP contribution in [0.5, 0.6) is 0 Å². The summed E-state index contributed by atoms with van der Waals surface area (Å²) in [4.78, 5) is 32.5. The summed E-state index contributed by atoms with van der Waals surface area (Å²) in [5, 5.41) is 7.03. The molecule has 1 N–H and O–H groups in total. The number of thiazole rings is 1. The number of carbonyl (C=O) groups excluding carboxylic acids is 2. The summed E-state index contributed by atoms with van der Waals surface area (Å²) in [6.45, 7) is 3.22. The summed E-state index contributed by atoms with van der Waals surface area (Å²) in [7, 11) is 0. The van der Waals surface area contributed by atoms with Crippen molar-refractivity contribution in [2.24, 2.45) is 0 Å². The molecular formula is C17H16N4O3S. The van der Waals surface area contributed by atoms with Gasteiger partial charge in [-0.1, -0.05) is 46.8 Å². The number of hydrogen-bond acceptors (Lipinski definition) is 7. The van der Waals surface area contributed by atoms with E-state index in [0.29, 0.717) is 33.8 Å². The molecule has 0 spiro atoms. The van der Waals surface area contributed by atoms with E-state index >= 15 is 0 Å². The lowest BCUT2D eigenvalue weighted by atomic mass is 10.2. The minimum absolute atomic E-state index is 0.0604. The zero-order valence-corrected chi connectivity index (χ0v) is 14.6. The zero-order valence-electron chi connectivity index (χ0n) is 13.8. The maximum Gasteiger partial charge on any atom is 0.227 e. The fourth-order valence-corrected chi connectivity index (χ4v) is 3.12. The summed E-state index contributed by atoms with van der Waals surface area (Å²) in [6, 6.07) is 9.47. The van der Waals surface area contributed by atoms with Crippen LogP contribution in [-0.4, -0.2) is 26.8 Å². The second-order valence-corrected chi connectivity index (χ2v) is 6.41. The third-order valence-corrected chi connectivity index (χ3v) is 4.60. The summed E-state index contributed by atoms with van der Waals surface area (Å²) >= 11 is 1.17. The lowest BCUT2D eigenvalue weighted by molar-refractivity contribution is -0.116. The average Bonchev–Trinajstić information content (AvgIpc) is 3.20.